The molecule has 1 aliphatic heterocycles. The van der Waals surface area contributed by atoms with Gasteiger partial charge in [0.25, 0.3) is 5.91 Å². The number of para-hydroxylation sites is 1. The van der Waals surface area contributed by atoms with Gasteiger partial charge in [-0.15, -0.1) is 0 Å². The van der Waals surface area contributed by atoms with E-state index in [2.05, 4.69) is 10.3 Å². The number of thiazole rings is 1. The van der Waals surface area contributed by atoms with Crippen LogP contribution in [0.1, 0.15) is 47.0 Å². The highest BCUT2D eigenvalue weighted by Crippen LogP contribution is 2.30. The molecule has 0 unspecified atom stereocenters. The zero-order chi connectivity index (χ0) is 19.8. The molecule has 2 aromatic heterocycles. The fourth-order valence-electron chi connectivity index (χ4n) is 3.48. The molecule has 3 heterocycles. The van der Waals surface area contributed by atoms with Crippen LogP contribution in [0.4, 0.5) is 5.13 Å². The van der Waals surface area contributed by atoms with Gasteiger partial charge < -0.3 is 9.32 Å². The van der Waals surface area contributed by atoms with E-state index in [1.807, 2.05) is 49.9 Å². The predicted octanol–water partition coefficient (Wildman–Crippen LogP) is 4.38. The van der Waals surface area contributed by atoms with E-state index in [9.17, 15) is 9.59 Å². The summed E-state index contributed by atoms with van der Waals surface area (Å²) in [7, 11) is 0. The molecule has 1 aromatic carbocycles. The molecule has 0 atom stereocenters. The minimum atomic E-state index is -0.299. The average Bonchev–Trinajstić information content (AvgIpc) is 3.21. The summed E-state index contributed by atoms with van der Waals surface area (Å²) >= 11 is 1.43. The number of carbonyl (C=O) groups excluding carboxylic acids is 2. The van der Waals surface area contributed by atoms with Crippen molar-refractivity contribution in [2.45, 2.75) is 40.2 Å². The molecule has 0 saturated heterocycles. The lowest BCUT2D eigenvalue weighted by Gasteiger charge is -2.26. The van der Waals surface area contributed by atoms with Gasteiger partial charge in [0, 0.05) is 35.2 Å². The number of nitrogens with zero attached hydrogens (tertiary/aromatic N) is 2. The van der Waals surface area contributed by atoms with E-state index in [1.165, 1.54) is 11.3 Å². The molecule has 0 saturated carbocycles. The minimum absolute atomic E-state index is 0.178. The standard InChI is InChI=1S/C21H23N3O3S/c1-12(2)10-18(25)24-9-8-15-17(11-24)28-21(22-15)23-20(26)19-13(3)14-6-4-5-7-16(14)27-19/h4-7,12H,8-11H2,1-3H3,(H,22,23,26). The number of hydrogen-bond acceptors (Lipinski definition) is 5. The Kier molecular flexibility index (Phi) is 4.93. The predicted molar refractivity (Wildman–Crippen MR) is 110 cm³/mol. The summed E-state index contributed by atoms with van der Waals surface area (Å²) in [4.78, 5) is 32.5. The molecule has 28 heavy (non-hydrogen) atoms. The molecule has 0 bridgehead atoms. The van der Waals surface area contributed by atoms with Gasteiger partial charge in [-0.2, -0.15) is 0 Å². The Bertz CT molecular complexity index is 1050. The number of hydrogen-bond donors (Lipinski definition) is 1. The highest BCUT2D eigenvalue weighted by atomic mass is 32.1. The fraction of sp³-hybridized carbons (Fsp3) is 0.381. The molecule has 0 fully saturated rings. The summed E-state index contributed by atoms with van der Waals surface area (Å²) in [5.41, 5.74) is 2.48. The van der Waals surface area contributed by atoms with Gasteiger partial charge in [-0.3, -0.25) is 14.9 Å². The second kappa shape index (κ2) is 7.39. The molecule has 0 aliphatic carbocycles. The number of aryl methyl sites for hydroxylation is 1. The normalized spacial score (nSPS) is 13.8. The van der Waals surface area contributed by atoms with Gasteiger partial charge in [-0.25, -0.2) is 4.98 Å². The molecular formula is C21H23N3O3S. The van der Waals surface area contributed by atoms with Crippen molar-refractivity contribution in [1.82, 2.24) is 9.88 Å². The number of nitrogens with one attached hydrogen (secondary N) is 1. The van der Waals surface area contributed by atoms with Gasteiger partial charge >= 0.3 is 0 Å². The van der Waals surface area contributed by atoms with Gasteiger partial charge in [0.2, 0.25) is 5.91 Å². The topological polar surface area (TPSA) is 75.4 Å². The first-order valence-electron chi connectivity index (χ1n) is 9.48. The highest BCUT2D eigenvalue weighted by molar-refractivity contribution is 7.15. The maximum Gasteiger partial charge on any atom is 0.293 e. The smallest absolute Gasteiger partial charge is 0.293 e. The van der Waals surface area contributed by atoms with Crippen molar-refractivity contribution in [2.24, 2.45) is 5.92 Å². The summed E-state index contributed by atoms with van der Waals surface area (Å²) < 4.78 is 5.73. The third kappa shape index (κ3) is 3.54. The lowest BCUT2D eigenvalue weighted by molar-refractivity contribution is -0.132. The van der Waals surface area contributed by atoms with E-state index in [1.54, 1.807) is 0 Å². The molecular weight excluding hydrogens is 374 g/mol. The van der Waals surface area contributed by atoms with E-state index in [0.29, 0.717) is 41.9 Å². The Labute approximate surface area is 167 Å². The van der Waals surface area contributed by atoms with E-state index < -0.39 is 0 Å². The number of carbonyl (C=O) groups is 2. The number of aromatic nitrogens is 1. The SMILES string of the molecule is Cc1c(C(=O)Nc2nc3c(s2)CN(C(=O)CC(C)C)CC3)oc2ccccc12. The van der Waals surface area contributed by atoms with Crippen molar-refractivity contribution in [3.8, 4) is 0 Å². The molecule has 1 aliphatic rings. The van der Waals surface area contributed by atoms with Crippen LogP contribution < -0.4 is 5.32 Å². The lowest BCUT2D eigenvalue weighted by atomic mass is 10.1. The fourth-order valence-corrected chi connectivity index (χ4v) is 4.50. The lowest BCUT2D eigenvalue weighted by Crippen LogP contribution is -2.36. The third-order valence-electron chi connectivity index (χ3n) is 4.94. The Morgan fingerprint density at radius 1 is 1.32 bits per heavy atom. The molecule has 146 valence electrons. The van der Waals surface area contributed by atoms with Crippen molar-refractivity contribution in [1.29, 1.82) is 0 Å². The number of fused-ring (bicyclic) bond motifs is 2. The van der Waals surface area contributed by atoms with Crippen molar-refractivity contribution >= 4 is 39.3 Å². The molecule has 4 rings (SSSR count). The number of amides is 2. The molecule has 2 amide bonds. The summed E-state index contributed by atoms with van der Waals surface area (Å²) in [6.07, 6.45) is 1.28. The maximum absolute atomic E-state index is 12.7. The first-order valence-corrected chi connectivity index (χ1v) is 10.3. The van der Waals surface area contributed by atoms with E-state index in [0.717, 1.165) is 27.9 Å². The van der Waals surface area contributed by atoms with Gasteiger partial charge in [-0.05, 0) is 18.9 Å². The molecule has 0 spiro atoms. The quantitative estimate of drug-likeness (QED) is 0.709. The summed E-state index contributed by atoms with van der Waals surface area (Å²) in [6, 6.07) is 7.60. The molecule has 3 aromatic rings. The molecule has 6 nitrogen and oxygen atoms in total. The first-order chi connectivity index (χ1) is 13.4. The minimum Gasteiger partial charge on any atom is -0.451 e. The van der Waals surface area contributed by atoms with Crippen LogP contribution in [0.5, 0.6) is 0 Å². The van der Waals surface area contributed by atoms with Gasteiger partial charge in [0.05, 0.1) is 12.2 Å². The largest absolute Gasteiger partial charge is 0.451 e. The zero-order valence-electron chi connectivity index (χ0n) is 16.2. The van der Waals surface area contributed by atoms with Crippen LogP contribution in [-0.4, -0.2) is 28.2 Å². The highest BCUT2D eigenvalue weighted by Gasteiger charge is 2.25. The van der Waals surface area contributed by atoms with Crippen LogP contribution in [0, 0.1) is 12.8 Å². The van der Waals surface area contributed by atoms with Gasteiger partial charge in [0.1, 0.15) is 5.58 Å². The Balaban J connectivity index is 1.49. The second-order valence-electron chi connectivity index (χ2n) is 7.56. The van der Waals surface area contributed by atoms with Crippen LogP contribution in [0.15, 0.2) is 28.7 Å². The zero-order valence-corrected chi connectivity index (χ0v) is 17.1. The van der Waals surface area contributed by atoms with E-state index in [-0.39, 0.29) is 11.8 Å². The number of anilines is 1. The first kappa shape index (κ1) is 18.7. The maximum atomic E-state index is 12.7. The number of rotatable bonds is 4. The molecule has 7 heteroatoms. The van der Waals surface area contributed by atoms with Crippen LogP contribution in [0.3, 0.4) is 0 Å². The van der Waals surface area contributed by atoms with Crippen molar-refractivity contribution in [3.63, 3.8) is 0 Å². The van der Waals surface area contributed by atoms with E-state index in [4.69, 9.17) is 4.42 Å². The number of benzene rings is 1. The third-order valence-corrected chi connectivity index (χ3v) is 5.94. The van der Waals surface area contributed by atoms with Crippen LogP contribution in [0.2, 0.25) is 0 Å². The van der Waals surface area contributed by atoms with Crippen LogP contribution >= 0.6 is 11.3 Å². The van der Waals surface area contributed by atoms with Crippen molar-refractivity contribution in [3.05, 3.63) is 46.2 Å². The Morgan fingerprint density at radius 3 is 2.86 bits per heavy atom. The van der Waals surface area contributed by atoms with Crippen LogP contribution in [-0.2, 0) is 17.8 Å². The summed E-state index contributed by atoms with van der Waals surface area (Å²) in [5.74, 6) is 0.533. The summed E-state index contributed by atoms with van der Waals surface area (Å²) in [5, 5.41) is 4.35. The summed E-state index contributed by atoms with van der Waals surface area (Å²) in [6.45, 7) is 7.23. The van der Waals surface area contributed by atoms with Crippen molar-refractivity contribution in [2.75, 3.05) is 11.9 Å². The van der Waals surface area contributed by atoms with Gasteiger partial charge in [0.15, 0.2) is 10.9 Å². The molecule has 0 radical (unpaired) electrons. The molecule has 1 N–H and O–H groups in total. The van der Waals surface area contributed by atoms with E-state index >= 15 is 0 Å². The van der Waals surface area contributed by atoms with Crippen molar-refractivity contribution < 1.29 is 14.0 Å². The Morgan fingerprint density at radius 2 is 2.11 bits per heavy atom. The number of furan rings is 1. The average molecular weight is 398 g/mol. The monoisotopic (exact) mass is 397 g/mol. The van der Waals surface area contributed by atoms with Crippen LogP contribution in [0.25, 0.3) is 11.0 Å². The Hall–Kier alpha value is -2.67. The van der Waals surface area contributed by atoms with Gasteiger partial charge in [-0.1, -0.05) is 43.4 Å². The second-order valence-corrected chi connectivity index (χ2v) is 8.64.